The number of ether oxygens (including phenoxy) is 2. The van der Waals surface area contributed by atoms with Crippen LogP contribution in [-0.4, -0.2) is 29.8 Å². The third-order valence-corrected chi connectivity index (χ3v) is 5.49. The minimum atomic E-state index is -0.00181. The summed E-state index contributed by atoms with van der Waals surface area (Å²) in [6, 6.07) is 5.83. The predicted octanol–water partition coefficient (Wildman–Crippen LogP) is 3.06. The summed E-state index contributed by atoms with van der Waals surface area (Å²) >= 11 is 1.31. The SMILES string of the molecule is CC1CCN(Cc2sc(=O)[nH]c2-c2ccc3c(c2)OCO3)CC1. The number of rotatable bonds is 3. The zero-order valence-electron chi connectivity index (χ0n) is 13.1. The number of nitrogens with zero attached hydrogens (tertiary/aromatic N) is 1. The maximum atomic E-state index is 11.9. The molecule has 1 aromatic heterocycles. The molecule has 1 N–H and O–H groups in total. The molecule has 2 aromatic rings. The molecule has 1 aromatic carbocycles. The first-order valence-corrected chi connectivity index (χ1v) is 8.85. The number of likely N-dealkylation sites (tertiary alicyclic amines) is 1. The molecule has 0 unspecified atom stereocenters. The molecule has 0 bridgehead atoms. The second-order valence-electron chi connectivity index (χ2n) is 6.34. The van der Waals surface area contributed by atoms with E-state index in [0.29, 0.717) is 0 Å². The van der Waals surface area contributed by atoms with Gasteiger partial charge < -0.3 is 14.5 Å². The molecule has 3 heterocycles. The molecule has 0 spiro atoms. The van der Waals surface area contributed by atoms with Gasteiger partial charge in [0.25, 0.3) is 0 Å². The summed E-state index contributed by atoms with van der Waals surface area (Å²) in [7, 11) is 0. The first-order chi connectivity index (χ1) is 11.2. The van der Waals surface area contributed by atoms with Gasteiger partial charge in [-0.1, -0.05) is 18.3 Å². The fourth-order valence-electron chi connectivity index (χ4n) is 3.18. The van der Waals surface area contributed by atoms with E-state index in [1.54, 1.807) is 0 Å². The molecular formula is C17H20N2O3S. The Balaban J connectivity index is 1.61. The lowest BCUT2D eigenvalue weighted by Crippen LogP contribution is -2.32. The summed E-state index contributed by atoms with van der Waals surface area (Å²) in [4.78, 5) is 18.4. The summed E-state index contributed by atoms with van der Waals surface area (Å²) in [6.45, 7) is 5.61. The molecule has 122 valence electrons. The monoisotopic (exact) mass is 332 g/mol. The summed E-state index contributed by atoms with van der Waals surface area (Å²) in [5, 5.41) is 0. The second-order valence-corrected chi connectivity index (χ2v) is 7.41. The molecule has 1 saturated heterocycles. The van der Waals surface area contributed by atoms with Gasteiger partial charge in [-0.3, -0.25) is 9.69 Å². The van der Waals surface area contributed by atoms with Crippen molar-refractivity contribution >= 4 is 11.3 Å². The van der Waals surface area contributed by atoms with Crippen LogP contribution in [0.4, 0.5) is 0 Å². The van der Waals surface area contributed by atoms with Crippen LogP contribution in [0.1, 0.15) is 24.6 Å². The van der Waals surface area contributed by atoms with Crippen molar-refractivity contribution in [2.45, 2.75) is 26.3 Å². The average Bonchev–Trinajstić information content (AvgIpc) is 3.15. The van der Waals surface area contributed by atoms with Crippen molar-refractivity contribution in [1.29, 1.82) is 0 Å². The van der Waals surface area contributed by atoms with Crippen LogP contribution >= 0.6 is 11.3 Å². The number of fused-ring (bicyclic) bond motifs is 1. The lowest BCUT2D eigenvalue weighted by molar-refractivity contribution is 0.174. The van der Waals surface area contributed by atoms with Gasteiger partial charge in [0, 0.05) is 17.0 Å². The maximum absolute atomic E-state index is 11.9. The normalized spacial score (nSPS) is 18.5. The number of aromatic nitrogens is 1. The number of H-pyrrole nitrogens is 1. The average molecular weight is 332 g/mol. The quantitative estimate of drug-likeness (QED) is 0.938. The highest BCUT2D eigenvalue weighted by Gasteiger charge is 2.20. The van der Waals surface area contributed by atoms with Crippen LogP contribution in [0.5, 0.6) is 11.5 Å². The van der Waals surface area contributed by atoms with Crippen LogP contribution in [0, 0.1) is 5.92 Å². The molecular weight excluding hydrogens is 312 g/mol. The van der Waals surface area contributed by atoms with Gasteiger partial charge in [-0.25, -0.2) is 0 Å². The number of aromatic amines is 1. The van der Waals surface area contributed by atoms with Crippen molar-refractivity contribution in [3.63, 3.8) is 0 Å². The van der Waals surface area contributed by atoms with Crippen LogP contribution < -0.4 is 14.3 Å². The zero-order chi connectivity index (χ0) is 15.8. The Labute approximate surface area is 138 Å². The van der Waals surface area contributed by atoms with Crippen molar-refractivity contribution in [3.05, 3.63) is 32.7 Å². The molecule has 0 atom stereocenters. The summed E-state index contributed by atoms with van der Waals surface area (Å²) in [5.41, 5.74) is 1.89. The number of hydrogen-bond acceptors (Lipinski definition) is 5. The highest BCUT2D eigenvalue weighted by Crippen LogP contribution is 2.36. The zero-order valence-corrected chi connectivity index (χ0v) is 13.9. The Bertz CT molecular complexity index is 759. The van der Waals surface area contributed by atoms with E-state index in [1.807, 2.05) is 18.2 Å². The maximum Gasteiger partial charge on any atom is 0.305 e. The molecule has 4 rings (SSSR count). The highest BCUT2D eigenvalue weighted by atomic mass is 32.1. The van der Waals surface area contributed by atoms with E-state index in [2.05, 4.69) is 16.8 Å². The van der Waals surface area contributed by atoms with E-state index in [1.165, 1.54) is 24.2 Å². The smallest absolute Gasteiger partial charge is 0.305 e. The van der Waals surface area contributed by atoms with Crippen LogP contribution in [0.3, 0.4) is 0 Å². The standard InChI is InChI=1S/C17H20N2O3S/c1-11-4-6-19(7-5-11)9-15-16(18-17(20)23-15)12-2-3-13-14(8-12)22-10-21-13/h2-3,8,11H,4-7,9-10H2,1H3,(H,18,20). The Morgan fingerprint density at radius 1 is 1.26 bits per heavy atom. The molecule has 5 nitrogen and oxygen atoms in total. The van der Waals surface area contributed by atoms with Gasteiger partial charge in [0.05, 0.1) is 5.69 Å². The minimum absolute atomic E-state index is 0.00181. The number of thiazole rings is 1. The summed E-state index contributed by atoms with van der Waals surface area (Å²) in [6.07, 6.45) is 2.47. The molecule has 23 heavy (non-hydrogen) atoms. The van der Waals surface area contributed by atoms with Gasteiger partial charge in [-0.15, -0.1) is 0 Å². The Kier molecular flexibility index (Phi) is 3.87. The second kappa shape index (κ2) is 6.02. The van der Waals surface area contributed by atoms with Gasteiger partial charge in [0.15, 0.2) is 11.5 Å². The first kappa shape index (κ1) is 14.8. The molecule has 0 amide bonds. The lowest BCUT2D eigenvalue weighted by atomic mass is 9.99. The van der Waals surface area contributed by atoms with E-state index >= 15 is 0 Å². The van der Waals surface area contributed by atoms with E-state index in [0.717, 1.165) is 53.2 Å². The molecule has 1 fully saturated rings. The van der Waals surface area contributed by atoms with Crippen molar-refractivity contribution in [2.24, 2.45) is 5.92 Å². The third-order valence-electron chi connectivity index (χ3n) is 4.63. The van der Waals surface area contributed by atoms with E-state index in [-0.39, 0.29) is 11.7 Å². The summed E-state index contributed by atoms with van der Waals surface area (Å²) < 4.78 is 10.8. The van der Waals surface area contributed by atoms with E-state index < -0.39 is 0 Å². The topological polar surface area (TPSA) is 54.6 Å². The molecule has 0 saturated carbocycles. The van der Waals surface area contributed by atoms with Crippen LogP contribution in [0.15, 0.2) is 23.0 Å². The molecule has 0 radical (unpaired) electrons. The first-order valence-electron chi connectivity index (χ1n) is 8.03. The predicted molar refractivity (Wildman–Crippen MR) is 90.2 cm³/mol. The van der Waals surface area contributed by atoms with Crippen LogP contribution in [0.2, 0.25) is 0 Å². The van der Waals surface area contributed by atoms with Crippen molar-refractivity contribution in [1.82, 2.24) is 9.88 Å². The van der Waals surface area contributed by atoms with E-state index in [4.69, 9.17) is 9.47 Å². The highest BCUT2D eigenvalue weighted by molar-refractivity contribution is 7.09. The van der Waals surface area contributed by atoms with Crippen LogP contribution in [-0.2, 0) is 6.54 Å². The summed E-state index contributed by atoms with van der Waals surface area (Å²) in [5.74, 6) is 2.31. The van der Waals surface area contributed by atoms with Gasteiger partial charge in [0.2, 0.25) is 6.79 Å². The van der Waals surface area contributed by atoms with Crippen molar-refractivity contribution in [3.8, 4) is 22.8 Å². The molecule has 2 aliphatic rings. The molecule has 2 aliphatic heterocycles. The number of piperidine rings is 1. The number of nitrogens with one attached hydrogen (secondary N) is 1. The lowest BCUT2D eigenvalue weighted by Gasteiger charge is -2.29. The van der Waals surface area contributed by atoms with Gasteiger partial charge in [0.1, 0.15) is 0 Å². The Hall–Kier alpha value is -1.79. The van der Waals surface area contributed by atoms with Crippen molar-refractivity contribution < 1.29 is 9.47 Å². The fraction of sp³-hybridized carbons (Fsp3) is 0.471. The number of benzene rings is 1. The third kappa shape index (κ3) is 3.01. The molecule has 0 aliphatic carbocycles. The van der Waals surface area contributed by atoms with Gasteiger partial charge >= 0.3 is 4.87 Å². The van der Waals surface area contributed by atoms with Crippen LogP contribution in [0.25, 0.3) is 11.3 Å². The largest absolute Gasteiger partial charge is 0.454 e. The molecule has 6 heteroatoms. The minimum Gasteiger partial charge on any atom is -0.454 e. The van der Waals surface area contributed by atoms with Gasteiger partial charge in [-0.05, 0) is 50.0 Å². The van der Waals surface area contributed by atoms with E-state index in [9.17, 15) is 4.79 Å². The Morgan fingerprint density at radius 3 is 2.87 bits per heavy atom. The van der Waals surface area contributed by atoms with Gasteiger partial charge in [-0.2, -0.15) is 0 Å². The Morgan fingerprint density at radius 2 is 2.04 bits per heavy atom. The van der Waals surface area contributed by atoms with Crippen molar-refractivity contribution in [2.75, 3.05) is 19.9 Å². The number of hydrogen-bond donors (Lipinski definition) is 1. The fourth-order valence-corrected chi connectivity index (χ4v) is 4.07.